The summed E-state index contributed by atoms with van der Waals surface area (Å²) >= 11 is 0. The molecule has 1 atom stereocenters. The Labute approximate surface area is 216 Å². The van der Waals surface area contributed by atoms with E-state index in [1.54, 1.807) is 60.9 Å². The second kappa shape index (κ2) is 11.2. The van der Waals surface area contributed by atoms with Gasteiger partial charge >= 0.3 is 0 Å². The lowest BCUT2D eigenvalue weighted by molar-refractivity contribution is -0.140. The van der Waals surface area contributed by atoms with E-state index in [0.717, 1.165) is 5.56 Å². The first-order valence-corrected chi connectivity index (χ1v) is 12.0. The van der Waals surface area contributed by atoms with Crippen LogP contribution in [-0.2, 0) is 16.1 Å². The first-order valence-electron chi connectivity index (χ1n) is 12.0. The van der Waals surface area contributed by atoms with Crippen LogP contribution in [0.15, 0.2) is 72.6 Å². The molecule has 2 aromatic carbocycles. The molecule has 0 aliphatic carbocycles. The largest absolute Gasteiger partial charge is 0.507 e. The highest BCUT2D eigenvalue weighted by atomic mass is 16.5. The molecule has 1 aliphatic rings. The third kappa shape index (κ3) is 5.43. The van der Waals surface area contributed by atoms with E-state index >= 15 is 0 Å². The van der Waals surface area contributed by atoms with E-state index in [9.17, 15) is 14.7 Å². The molecule has 4 rings (SSSR count). The highest BCUT2D eigenvalue weighted by Gasteiger charge is 2.46. The molecule has 192 valence electrons. The zero-order chi connectivity index (χ0) is 26.5. The summed E-state index contributed by atoms with van der Waals surface area (Å²) in [6, 6.07) is 14.7. The van der Waals surface area contributed by atoms with Crippen molar-refractivity contribution < 1.29 is 28.9 Å². The van der Waals surface area contributed by atoms with Gasteiger partial charge in [0, 0.05) is 24.5 Å². The number of pyridine rings is 1. The van der Waals surface area contributed by atoms with Crippen LogP contribution in [-0.4, -0.2) is 47.5 Å². The summed E-state index contributed by atoms with van der Waals surface area (Å²) < 4.78 is 16.5. The van der Waals surface area contributed by atoms with E-state index in [4.69, 9.17) is 14.2 Å². The standard InChI is InChI=1S/C29H30N2O6/c1-18(2)17-37-22-10-7-20(8-11-22)27(32)25-26(21-9-12-23(35-3)24(14-21)36-4)31(29(34)28(25)33)16-19-6-5-13-30-15-19/h5-15,18,26,32H,16-17H2,1-4H3/b27-25-. The van der Waals surface area contributed by atoms with Gasteiger partial charge < -0.3 is 24.2 Å². The lowest BCUT2D eigenvalue weighted by Gasteiger charge is -2.26. The molecule has 2 heterocycles. The van der Waals surface area contributed by atoms with Gasteiger partial charge in [0.05, 0.1) is 32.4 Å². The van der Waals surface area contributed by atoms with E-state index in [-0.39, 0.29) is 17.9 Å². The molecule has 1 saturated heterocycles. The number of aliphatic hydroxyl groups excluding tert-OH is 1. The van der Waals surface area contributed by atoms with Crippen molar-refractivity contribution in [1.29, 1.82) is 0 Å². The predicted molar refractivity (Wildman–Crippen MR) is 138 cm³/mol. The lowest BCUT2D eigenvalue weighted by atomic mass is 9.94. The van der Waals surface area contributed by atoms with Gasteiger partial charge in [-0.1, -0.05) is 26.0 Å². The highest BCUT2D eigenvalue weighted by Crippen LogP contribution is 2.42. The monoisotopic (exact) mass is 502 g/mol. The fourth-order valence-corrected chi connectivity index (χ4v) is 4.23. The third-order valence-corrected chi connectivity index (χ3v) is 6.05. The van der Waals surface area contributed by atoms with Crippen LogP contribution in [0.5, 0.6) is 17.2 Å². The second-order valence-corrected chi connectivity index (χ2v) is 9.13. The number of amides is 1. The Morgan fingerprint density at radius 3 is 2.38 bits per heavy atom. The van der Waals surface area contributed by atoms with Crippen LogP contribution in [0.3, 0.4) is 0 Å². The summed E-state index contributed by atoms with van der Waals surface area (Å²) in [5, 5.41) is 11.3. The van der Waals surface area contributed by atoms with Crippen LogP contribution < -0.4 is 14.2 Å². The Bertz CT molecular complexity index is 1300. The number of methoxy groups -OCH3 is 2. The van der Waals surface area contributed by atoms with Crippen LogP contribution in [0.2, 0.25) is 0 Å². The number of Topliss-reactive ketones (excluding diaryl/α,β-unsaturated/α-hetero) is 1. The van der Waals surface area contributed by atoms with Gasteiger partial charge in [0.15, 0.2) is 11.5 Å². The van der Waals surface area contributed by atoms with Crippen LogP contribution >= 0.6 is 0 Å². The van der Waals surface area contributed by atoms with Gasteiger partial charge in [-0.3, -0.25) is 14.6 Å². The van der Waals surface area contributed by atoms with Gasteiger partial charge in [-0.05, 0) is 59.5 Å². The van der Waals surface area contributed by atoms with Crippen molar-refractivity contribution in [2.75, 3.05) is 20.8 Å². The summed E-state index contributed by atoms with van der Waals surface area (Å²) in [4.78, 5) is 32.1. The Balaban J connectivity index is 1.80. The number of aliphatic hydroxyl groups is 1. The summed E-state index contributed by atoms with van der Waals surface area (Å²) in [7, 11) is 3.04. The molecule has 0 saturated carbocycles. The number of carbonyl (C=O) groups excluding carboxylic acids is 2. The molecule has 8 heteroatoms. The summed E-state index contributed by atoms with van der Waals surface area (Å²) in [5.41, 5.74) is 1.75. The smallest absolute Gasteiger partial charge is 0.295 e. The molecule has 1 aromatic heterocycles. The minimum atomic E-state index is -0.850. The van der Waals surface area contributed by atoms with Crippen molar-refractivity contribution in [3.63, 3.8) is 0 Å². The molecule has 1 aliphatic heterocycles. The lowest BCUT2D eigenvalue weighted by Crippen LogP contribution is -2.29. The Kier molecular flexibility index (Phi) is 7.77. The first kappa shape index (κ1) is 25.8. The fourth-order valence-electron chi connectivity index (χ4n) is 4.23. The minimum Gasteiger partial charge on any atom is -0.507 e. The van der Waals surface area contributed by atoms with Crippen molar-refractivity contribution in [1.82, 2.24) is 9.88 Å². The number of ether oxygens (including phenoxy) is 3. The average Bonchev–Trinajstić information content (AvgIpc) is 3.16. The molecular weight excluding hydrogens is 472 g/mol. The molecule has 0 radical (unpaired) electrons. The van der Waals surface area contributed by atoms with Crippen molar-refractivity contribution in [3.05, 3.63) is 89.3 Å². The second-order valence-electron chi connectivity index (χ2n) is 9.13. The number of ketones is 1. The van der Waals surface area contributed by atoms with E-state index in [2.05, 4.69) is 18.8 Å². The molecule has 1 amide bonds. The zero-order valence-corrected chi connectivity index (χ0v) is 21.3. The van der Waals surface area contributed by atoms with E-state index in [0.29, 0.717) is 40.9 Å². The van der Waals surface area contributed by atoms with Crippen LogP contribution in [0.25, 0.3) is 5.76 Å². The molecule has 1 fully saturated rings. The molecule has 1 unspecified atom stereocenters. The molecule has 0 spiro atoms. The Hall–Kier alpha value is -4.33. The summed E-state index contributed by atoms with van der Waals surface area (Å²) in [6.45, 7) is 4.80. The zero-order valence-electron chi connectivity index (χ0n) is 21.3. The highest BCUT2D eigenvalue weighted by molar-refractivity contribution is 6.46. The van der Waals surface area contributed by atoms with Gasteiger partial charge in [-0.15, -0.1) is 0 Å². The van der Waals surface area contributed by atoms with Crippen LogP contribution in [0, 0.1) is 5.92 Å². The summed E-state index contributed by atoms with van der Waals surface area (Å²) in [6.07, 6.45) is 3.28. The molecule has 1 N–H and O–H groups in total. The Morgan fingerprint density at radius 2 is 1.76 bits per heavy atom. The van der Waals surface area contributed by atoms with E-state index in [1.165, 1.54) is 19.1 Å². The predicted octanol–water partition coefficient (Wildman–Crippen LogP) is 4.76. The van der Waals surface area contributed by atoms with Gasteiger partial charge in [0.1, 0.15) is 11.5 Å². The normalized spacial score (nSPS) is 16.8. The number of nitrogens with zero attached hydrogens (tertiary/aromatic N) is 2. The van der Waals surface area contributed by atoms with Gasteiger partial charge in [-0.25, -0.2) is 0 Å². The van der Waals surface area contributed by atoms with Crippen molar-refractivity contribution in [3.8, 4) is 17.2 Å². The number of aromatic nitrogens is 1. The maximum atomic E-state index is 13.3. The number of benzene rings is 2. The topological polar surface area (TPSA) is 98.2 Å². The van der Waals surface area contributed by atoms with Gasteiger partial charge in [0.2, 0.25) is 0 Å². The molecular formula is C29H30N2O6. The maximum absolute atomic E-state index is 13.3. The van der Waals surface area contributed by atoms with Crippen LogP contribution in [0.4, 0.5) is 0 Å². The van der Waals surface area contributed by atoms with Gasteiger partial charge in [-0.2, -0.15) is 0 Å². The van der Waals surface area contributed by atoms with Gasteiger partial charge in [0.25, 0.3) is 11.7 Å². The van der Waals surface area contributed by atoms with Crippen molar-refractivity contribution >= 4 is 17.4 Å². The number of hydrogen-bond acceptors (Lipinski definition) is 7. The SMILES string of the molecule is COc1ccc(C2/C(=C(/O)c3ccc(OCC(C)C)cc3)C(=O)C(=O)N2Cc2cccnc2)cc1OC. The minimum absolute atomic E-state index is 0.00282. The third-order valence-electron chi connectivity index (χ3n) is 6.05. The number of likely N-dealkylation sites (tertiary alicyclic amines) is 1. The Morgan fingerprint density at radius 1 is 1.03 bits per heavy atom. The number of rotatable bonds is 9. The molecule has 3 aromatic rings. The molecule has 8 nitrogen and oxygen atoms in total. The fraction of sp³-hybridized carbons (Fsp3) is 0.276. The van der Waals surface area contributed by atoms with E-state index < -0.39 is 17.7 Å². The summed E-state index contributed by atoms with van der Waals surface area (Å²) in [5.74, 6) is 0.237. The quantitative estimate of drug-likeness (QED) is 0.256. The van der Waals surface area contributed by atoms with Crippen molar-refractivity contribution in [2.45, 2.75) is 26.4 Å². The molecule has 37 heavy (non-hydrogen) atoms. The van der Waals surface area contributed by atoms with Crippen LogP contribution in [0.1, 0.15) is 36.6 Å². The number of carbonyl (C=O) groups is 2. The first-order chi connectivity index (χ1) is 17.8. The maximum Gasteiger partial charge on any atom is 0.295 e. The number of hydrogen-bond donors (Lipinski definition) is 1. The van der Waals surface area contributed by atoms with Crippen molar-refractivity contribution in [2.24, 2.45) is 5.92 Å². The van der Waals surface area contributed by atoms with E-state index in [1.807, 2.05) is 6.07 Å². The average molecular weight is 503 g/mol. The molecule has 0 bridgehead atoms.